The summed E-state index contributed by atoms with van der Waals surface area (Å²) in [5.41, 5.74) is 0.720. The molecule has 1 aromatic carbocycles. The van der Waals surface area contributed by atoms with E-state index in [1.165, 1.54) is 0 Å². The zero-order chi connectivity index (χ0) is 16.2. The molecule has 0 amide bonds. The Morgan fingerprint density at radius 3 is 2.41 bits per heavy atom. The van der Waals surface area contributed by atoms with Crippen molar-refractivity contribution in [2.45, 2.75) is 31.6 Å². The molecular weight excluding hydrogens is 321 g/mol. The lowest BCUT2D eigenvalue weighted by Gasteiger charge is -2.33. The Morgan fingerprint density at radius 1 is 1.27 bits per heavy atom. The number of nitrogens with one attached hydrogen (secondary N) is 1. The van der Waals surface area contributed by atoms with Gasteiger partial charge in [-0.05, 0) is 43.6 Å². The highest BCUT2D eigenvalue weighted by Gasteiger charge is 2.43. The average molecular weight is 337 g/mol. The first-order chi connectivity index (χ1) is 10.4. The number of rotatable bonds is 4. The van der Waals surface area contributed by atoms with E-state index in [-0.39, 0.29) is 12.6 Å². The maximum Gasteiger partial charge on any atom is 0.492 e. The minimum absolute atomic E-state index is 0.0870. The number of halogens is 4. The van der Waals surface area contributed by atoms with Crippen LogP contribution in [0, 0.1) is 0 Å². The molecule has 0 unspecified atom stereocenters. The fourth-order valence-electron chi connectivity index (χ4n) is 2.26. The van der Waals surface area contributed by atoms with Gasteiger partial charge in [0.1, 0.15) is 0 Å². The average Bonchev–Trinajstić information content (AvgIpc) is 2.48. The first kappa shape index (κ1) is 17.1. The van der Waals surface area contributed by atoms with Gasteiger partial charge in [-0.3, -0.25) is 0 Å². The van der Waals surface area contributed by atoms with Crippen molar-refractivity contribution in [1.29, 1.82) is 0 Å². The number of carbonyl (C=O) groups excluding carboxylic acids is 1. The molecule has 1 aliphatic heterocycles. The third-order valence-electron chi connectivity index (χ3n) is 3.40. The van der Waals surface area contributed by atoms with Crippen LogP contribution >= 0.6 is 11.6 Å². The molecule has 0 saturated carbocycles. The number of hydrogen-bond donors (Lipinski definition) is 1. The number of hydroxylamine groups is 2. The zero-order valence-corrected chi connectivity index (χ0v) is 12.5. The Hall–Kier alpha value is -1.31. The van der Waals surface area contributed by atoms with E-state index in [1.807, 2.05) is 0 Å². The van der Waals surface area contributed by atoms with Crippen molar-refractivity contribution in [2.24, 2.45) is 0 Å². The standard InChI is InChI=1S/C14H16ClF3N2O2/c15-11-3-1-10(2-4-11)9-20(12-5-7-19-8-6-12)22-13(21)14(16,17)18/h1-4,12,19H,5-9H2. The summed E-state index contributed by atoms with van der Waals surface area (Å²) < 4.78 is 37.3. The Labute approximate surface area is 131 Å². The monoisotopic (exact) mass is 336 g/mol. The predicted octanol–water partition coefficient (Wildman–Crippen LogP) is 2.91. The van der Waals surface area contributed by atoms with Gasteiger partial charge >= 0.3 is 12.1 Å². The number of carbonyl (C=O) groups is 1. The number of piperidine rings is 1. The van der Waals surface area contributed by atoms with E-state index >= 15 is 0 Å². The Balaban J connectivity index is 2.09. The quantitative estimate of drug-likeness (QED) is 0.858. The molecule has 0 spiro atoms. The minimum Gasteiger partial charge on any atom is -0.360 e. The predicted molar refractivity (Wildman–Crippen MR) is 75.0 cm³/mol. The van der Waals surface area contributed by atoms with Gasteiger partial charge in [-0.25, -0.2) is 4.79 Å². The Bertz CT molecular complexity index is 502. The lowest BCUT2D eigenvalue weighted by Crippen LogP contribution is -2.45. The van der Waals surface area contributed by atoms with E-state index in [2.05, 4.69) is 10.2 Å². The van der Waals surface area contributed by atoms with Gasteiger partial charge in [0.2, 0.25) is 0 Å². The molecule has 0 aliphatic carbocycles. The molecule has 0 bridgehead atoms. The molecule has 1 fully saturated rings. The molecule has 1 saturated heterocycles. The summed E-state index contributed by atoms with van der Waals surface area (Å²) in [6, 6.07) is 6.42. The molecule has 0 radical (unpaired) electrons. The van der Waals surface area contributed by atoms with Gasteiger partial charge in [-0.15, -0.1) is 5.06 Å². The van der Waals surface area contributed by atoms with Gasteiger partial charge in [0.25, 0.3) is 0 Å². The molecule has 4 nitrogen and oxygen atoms in total. The molecule has 0 atom stereocenters. The fourth-order valence-corrected chi connectivity index (χ4v) is 2.38. The molecule has 22 heavy (non-hydrogen) atoms. The second-order valence-electron chi connectivity index (χ2n) is 5.06. The highest BCUT2D eigenvalue weighted by molar-refractivity contribution is 6.30. The molecule has 1 N–H and O–H groups in total. The summed E-state index contributed by atoms with van der Waals surface area (Å²) in [5, 5.41) is 4.77. The van der Waals surface area contributed by atoms with Crippen LogP contribution in [-0.2, 0) is 16.2 Å². The van der Waals surface area contributed by atoms with E-state index < -0.39 is 12.1 Å². The van der Waals surface area contributed by atoms with Crippen LogP contribution < -0.4 is 5.32 Å². The van der Waals surface area contributed by atoms with Crippen molar-refractivity contribution in [1.82, 2.24) is 10.4 Å². The van der Waals surface area contributed by atoms with E-state index in [0.29, 0.717) is 31.0 Å². The SMILES string of the molecule is O=C(ON(Cc1ccc(Cl)cc1)C1CCNCC1)C(F)(F)F. The number of benzene rings is 1. The van der Waals surface area contributed by atoms with Crippen LogP contribution in [0.1, 0.15) is 18.4 Å². The first-order valence-corrected chi connectivity index (χ1v) is 7.25. The lowest BCUT2D eigenvalue weighted by atomic mass is 10.1. The second-order valence-corrected chi connectivity index (χ2v) is 5.50. The van der Waals surface area contributed by atoms with Crippen LogP contribution in [0.2, 0.25) is 5.02 Å². The van der Waals surface area contributed by atoms with Gasteiger partial charge in [-0.2, -0.15) is 13.2 Å². The molecular formula is C14H16ClF3N2O2. The Kier molecular flexibility index (Phi) is 5.66. The van der Waals surface area contributed by atoms with Gasteiger partial charge in [0.15, 0.2) is 0 Å². The van der Waals surface area contributed by atoms with Crippen molar-refractivity contribution in [3.05, 3.63) is 34.9 Å². The third-order valence-corrected chi connectivity index (χ3v) is 3.65. The fraction of sp³-hybridized carbons (Fsp3) is 0.500. The highest BCUT2D eigenvalue weighted by atomic mass is 35.5. The summed E-state index contributed by atoms with van der Waals surface area (Å²) in [5.74, 6) is -2.19. The van der Waals surface area contributed by atoms with Gasteiger partial charge in [0.05, 0.1) is 6.54 Å². The first-order valence-electron chi connectivity index (χ1n) is 6.87. The van der Waals surface area contributed by atoms with Crippen LogP contribution in [0.25, 0.3) is 0 Å². The summed E-state index contributed by atoms with van der Waals surface area (Å²) in [7, 11) is 0. The van der Waals surface area contributed by atoms with Crippen molar-refractivity contribution < 1.29 is 22.8 Å². The van der Waals surface area contributed by atoms with Crippen molar-refractivity contribution in [3.8, 4) is 0 Å². The molecule has 8 heteroatoms. The van der Waals surface area contributed by atoms with Crippen molar-refractivity contribution >= 4 is 17.6 Å². The van der Waals surface area contributed by atoms with Crippen molar-refractivity contribution in [2.75, 3.05) is 13.1 Å². The van der Waals surface area contributed by atoms with Gasteiger partial charge in [0, 0.05) is 11.1 Å². The van der Waals surface area contributed by atoms with Crippen LogP contribution in [0.5, 0.6) is 0 Å². The topological polar surface area (TPSA) is 41.6 Å². The summed E-state index contributed by atoms with van der Waals surface area (Å²) in [6.45, 7) is 1.43. The van der Waals surface area contributed by atoms with Crippen molar-refractivity contribution in [3.63, 3.8) is 0 Å². The molecule has 122 valence electrons. The van der Waals surface area contributed by atoms with E-state index in [4.69, 9.17) is 11.6 Å². The lowest BCUT2D eigenvalue weighted by molar-refractivity contribution is -0.250. The second kappa shape index (κ2) is 7.30. The van der Waals surface area contributed by atoms with E-state index in [1.54, 1.807) is 24.3 Å². The smallest absolute Gasteiger partial charge is 0.360 e. The number of nitrogens with zero attached hydrogens (tertiary/aromatic N) is 1. The van der Waals surface area contributed by atoms with Crippen LogP contribution in [0.15, 0.2) is 24.3 Å². The van der Waals surface area contributed by atoms with E-state index in [0.717, 1.165) is 10.6 Å². The molecule has 2 rings (SSSR count). The molecule has 1 aliphatic rings. The zero-order valence-electron chi connectivity index (χ0n) is 11.7. The molecule has 1 aromatic rings. The van der Waals surface area contributed by atoms with Crippen LogP contribution in [-0.4, -0.2) is 36.3 Å². The van der Waals surface area contributed by atoms with E-state index in [9.17, 15) is 18.0 Å². The molecule has 0 aromatic heterocycles. The molecule has 1 heterocycles. The summed E-state index contributed by atoms with van der Waals surface area (Å²) in [6.07, 6.45) is -3.79. The van der Waals surface area contributed by atoms with Crippen LogP contribution in [0.3, 0.4) is 0 Å². The third kappa shape index (κ3) is 4.86. The number of hydrogen-bond acceptors (Lipinski definition) is 4. The highest BCUT2D eigenvalue weighted by Crippen LogP contribution is 2.22. The largest absolute Gasteiger partial charge is 0.492 e. The Morgan fingerprint density at radius 2 is 1.86 bits per heavy atom. The van der Waals surface area contributed by atoms with Crippen LogP contribution in [0.4, 0.5) is 13.2 Å². The summed E-state index contributed by atoms with van der Waals surface area (Å²) in [4.78, 5) is 15.7. The summed E-state index contributed by atoms with van der Waals surface area (Å²) >= 11 is 5.79. The number of alkyl halides is 3. The van der Waals surface area contributed by atoms with Gasteiger partial charge < -0.3 is 10.2 Å². The normalized spacial score (nSPS) is 16.8. The van der Waals surface area contributed by atoms with Gasteiger partial charge in [-0.1, -0.05) is 23.7 Å². The maximum atomic E-state index is 12.4. The maximum absolute atomic E-state index is 12.4. The minimum atomic E-state index is -5.01.